The fourth-order valence-corrected chi connectivity index (χ4v) is 2.10. The van der Waals surface area contributed by atoms with Crippen molar-refractivity contribution in [3.63, 3.8) is 0 Å². The summed E-state index contributed by atoms with van der Waals surface area (Å²) in [6, 6.07) is 0.647. The van der Waals surface area contributed by atoms with Crippen LogP contribution in [0.25, 0.3) is 0 Å². The van der Waals surface area contributed by atoms with Crippen LogP contribution in [0.5, 0.6) is 0 Å². The Labute approximate surface area is 86.3 Å². The molecule has 0 aromatic carbocycles. The maximum Gasteiger partial charge on any atom is 0.330 e. The summed E-state index contributed by atoms with van der Waals surface area (Å²) in [5, 5.41) is 0. The minimum absolute atomic E-state index is 0.316. The van der Waals surface area contributed by atoms with Gasteiger partial charge in [-0.3, -0.25) is 0 Å². The van der Waals surface area contributed by atoms with E-state index in [1.807, 2.05) is 0 Å². The lowest BCUT2D eigenvalue weighted by atomic mass is 10.3. The predicted octanol–water partition coefficient (Wildman–Crippen LogP) is 3.06. The van der Waals surface area contributed by atoms with Gasteiger partial charge in [0.05, 0.1) is 6.61 Å². The molecule has 0 bridgehead atoms. The third-order valence-electron chi connectivity index (χ3n) is 1.71. The number of carbonyl (C=O) groups is 1. The van der Waals surface area contributed by atoms with Gasteiger partial charge in [0.15, 0.2) is 0 Å². The molecular weight excluding hydrogens is 199 g/mol. The molecule has 0 N–H and O–H groups in total. The van der Waals surface area contributed by atoms with Gasteiger partial charge >= 0.3 is 5.97 Å². The molecular formula is C10H19FO2Si. The Morgan fingerprint density at radius 3 is 2.57 bits per heavy atom. The second-order valence-corrected chi connectivity index (χ2v) is 7.78. The highest BCUT2D eigenvalue weighted by molar-refractivity contribution is 6.70. The third-order valence-corrected chi connectivity index (χ3v) is 3.26. The smallest absolute Gasteiger partial charge is 0.330 e. The first-order valence-electron chi connectivity index (χ1n) is 4.94. The van der Waals surface area contributed by atoms with E-state index >= 15 is 0 Å². The largest absolute Gasteiger partial charge is 0.463 e. The molecule has 0 aliphatic carbocycles. The molecule has 0 rings (SSSR count). The summed E-state index contributed by atoms with van der Waals surface area (Å²) in [5.41, 5.74) is 0. The lowest BCUT2D eigenvalue weighted by Crippen LogP contribution is -2.17. The highest BCUT2D eigenvalue weighted by atomic mass is 28.4. The number of hydrogen-bond acceptors (Lipinski definition) is 2. The summed E-state index contributed by atoms with van der Waals surface area (Å²) in [4.78, 5) is 10.8. The van der Waals surface area contributed by atoms with Crippen LogP contribution in [0, 0.1) is 0 Å². The maximum atomic E-state index is 13.1. The fourth-order valence-electron chi connectivity index (χ4n) is 1.00. The zero-order valence-corrected chi connectivity index (χ0v) is 10.2. The zero-order chi connectivity index (χ0) is 11.0. The normalized spacial score (nSPS) is 12.0. The van der Waals surface area contributed by atoms with Gasteiger partial charge in [-0.1, -0.05) is 12.5 Å². The lowest BCUT2D eigenvalue weighted by Gasteiger charge is -2.09. The Bertz CT molecular complexity index is 197. The van der Waals surface area contributed by atoms with Crippen LogP contribution in [-0.2, 0) is 9.53 Å². The molecule has 0 amide bonds. The summed E-state index contributed by atoms with van der Waals surface area (Å²) in [6.07, 6.45) is 4.58. The predicted molar refractivity (Wildman–Crippen MR) is 58.4 cm³/mol. The first-order valence-corrected chi connectivity index (χ1v) is 8.02. The van der Waals surface area contributed by atoms with Gasteiger partial charge in [-0.05, 0) is 32.5 Å². The van der Waals surface area contributed by atoms with E-state index in [2.05, 4.69) is 0 Å². The van der Waals surface area contributed by atoms with E-state index in [1.165, 1.54) is 6.08 Å². The number of unbranched alkanes of at least 4 members (excludes halogenated alkanes) is 1. The molecule has 0 heterocycles. The van der Waals surface area contributed by atoms with Crippen LogP contribution in [0.2, 0.25) is 19.1 Å². The minimum Gasteiger partial charge on any atom is -0.463 e. The molecule has 0 aliphatic heterocycles. The summed E-state index contributed by atoms with van der Waals surface area (Å²) in [7, 11) is -2.40. The van der Waals surface area contributed by atoms with Crippen molar-refractivity contribution in [3.05, 3.63) is 12.2 Å². The Kier molecular flexibility index (Phi) is 6.45. The topological polar surface area (TPSA) is 26.3 Å². The second kappa shape index (κ2) is 6.76. The molecule has 0 radical (unpaired) electrons. The van der Waals surface area contributed by atoms with E-state index in [1.54, 1.807) is 26.1 Å². The van der Waals surface area contributed by atoms with Gasteiger partial charge in [0.25, 0.3) is 0 Å². The van der Waals surface area contributed by atoms with E-state index < -0.39 is 8.41 Å². The van der Waals surface area contributed by atoms with Crippen LogP contribution in [0.4, 0.5) is 4.11 Å². The fraction of sp³-hybridized carbons (Fsp3) is 0.700. The Balaban J connectivity index is 3.35. The molecule has 0 aliphatic rings. The van der Waals surface area contributed by atoms with Gasteiger partial charge in [-0.25, -0.2) is 4.79 Å². The number of carbonyl (C=O) groups excluding carboxylic acids is 1. The molecule has 2 nitrogen and oxygen atoms in total. The Morgan fingerprint density at radius 2 is 2.07 bits per heavy atom. The first kappa shape index (κ1) is 13.4. The van der Waals surface area contributed by atoms with Crippen molar-refractivity contribution in [3.8, 4) is 0 Å². The van der Waals surface area contributed by atoms with Gasteiger partial charge in [-0.15, -0.1) is 0 Å². The van der Waals surface area contributed by atoms with Gasteiger partial charge in [0, 0.05) is 6.08 Å². The summed E-state index contributed by atoms with van der Waals surface area (Å²) in [6.45, 7) is 5.55. The van der Waals surface area contributed by atoms with E-state index in [4.69, 9.17) is 4.74 Å². The van der Waals surface area contributed by atoms with Crippen LogP contribution in [-0.4, -0.2) is 21.0 Å². The third kappa shape index (κ3) is 9.44. The van der Waals surface area contributed by atoms with Gasteiger partial charge in [0.1, 0.15) is 0 Å². The molecule has 0 atom stereocenters. The highest BCUT2D eigenvalue weighted by Crippen LogP contribution is 2.14. The van der Waals surface area contributed by atoms with E-state index in [0.717, 1.165) is 12.8 Å². The molecule has 0 spiro atoms. The monoisotopic (exact) mass is 218 g/mol. The van der Waals surface area contributed by atoms with Crippen LogP contribution in [0.15, 0.2) is 12.2 Å². The molecule has 0 fully saturated rings. The number of ether oxygens (including phenoxy) is 1. The lowest BCUT2D eigenvalue weighted by molar-refractivity contribution is -0.137. The Hall–Kier alpha value is -0.643. The number of rotatable bonds is 6. The number of hydrogen-bond donors (Lipinski definition) is 0. The maximum absolute atomic E-state index is 13.1. The van der Waals surface area contributed by atoms with Crippen molar-refractivity contribution in [1.29, 1.82) is 0 Å². The van der Waals surface area contributed by atoms with Gasteiger partial charge in [-0.2, -0.15) is 0 Å². The van der Waals surface area contributed by atoms with Crippen molar-refractivity contribution in [2.45, 2.75) is 38.9 Å². The molecule has 0 unspecified atom stereocenters. The molecule has 4 heteroatoms. The average Bonchev–Trinajstić information content (AvgIpc) is 2.02. The van der Waals surface area contributed by atoms with Crippen LogP contribution >= 0.6 is 0 Å². The summed E-state index contributed by atoms with van der Waals surface area (Å²) < 4.78 is 18.0. The van der Waals surface area contributed by atoms with E-state index in [0.29, 0.717) is 12.7 Å². The van der Waals surface area contributed by atoms with Crippen LogP contribution in [0.3, 0.4) is 0 Å². The minimum atomic E-state index is -2.40. The molecule has 0 saturated carbocycles. The van der Waals surface area contributed by atoms with Gasteiger partial charge < -0.3 is 8.84 Å². The first-order chi connectivity index (χ1) is 6.45. The number of halogens is 1. The van der Waals surface area contributed by atoms with Crippen molar-refractivity contribution >= 4 is 14.4 Å². The molecule has 0 aromatic rings. The molecule has 0 saturated heterocycles. The van der Waals surface area contributed by atoms with Crippen molar-refractivity contribution in [1.82, 2.24) is 0 Å². The van der Waals surface area contributed by atoms with Crippen LogP contribution < -0.4 is 0 Å². The number of allylic oxidation sites excluding steroid dienone is 1. The van der Waals surface area contributed by atoms with Gasteiger partial charge in [0.2, 0.25) is 8.41 Å². The van der Waals surface area contributed by atoms with E-state index in [9.17, 15) is 8.90 Å². The molecule has 82 valence electrons. The standard InChI is InChI=1S/C10H19FO2Si/c1-4-7-10(12)13-8-5-6-9-14(2,3)11/h4,7H,5-6,8-9H2,1-3H3. The molecule has 14 heavy (non-hydrogen) atoms. The van der Waals surface area contributed by atoms with Crippen LogP contribution in [0.1, 0.15) is 19.8 Å². The van der Waals surface area contributed by atoms with Crippen molar-refractivity contribution < 1.29 is 13.6 Å². The number of esters is 1. The zero-order valence-electron chi connectivity index (χ0n) is 9.18. The highest BCUT2D eigenvalue weighted by Gasteiger charge is 2.18. The van der Waals surface area contributed by atoms with Crippen molar-refractivity contribution in [2.75, 3.05) is 6.61 Å². The SMILES string of the molecule is CC=CC(=O)OCCCC[Si](C)(C)F. The average molecular weight is 218 g/mol. The molecule has 0 aromatic heterocycles. The summed E-state index contributed by atoms with van der Waals surface area (Å²) in [5.74, 6) is -0.316. The summed E-state index contributed by atoms with van der Waals surface area (Å²) >= 11 is 0. The second-order valence-electron chi connectivity index (χ2n) is 3.84. The van der Waals surface area contributed by atoms with E-state index in [-0.39, 0.29) is 5.97 Å². The van der Waals surface area contributed by atoms with Crippen molar-refractivity contribution in [2.24, 2.45) is 0 Å². The Morgan fingerprint density at radius 1 is 1.43 bits per heavy atom. The quantitative estimate of drug-likeness (QED) is 0.225.